The molecule has 0 atom stereocenters. The number of nitrogens with zero attached hydrogens (tertiary/aromatic N) is 3. The van der Waals surface area contributed by atoms with Crippen molar-refractivity contribution in [2.24, 2.45) is 5.10 Å². The third kappa shape index (κ3) is 5.15. The van der Waals surface area contributed by atoms with Gasteiger partial charge in [0.25, 0.3) is 5.91 Å². The largest absolute Gasteiger partial charge is 0.489 e. The first-order chi connectivity index (χ1) is 16.9. The Bertz CT molecular complexity index is 1410. The highest BCUT2D eigenvalue weighted by molar-refractivity contribution is 9.10. The molecule has 0 fully saturated rings. The minimum atomic E-state index is -0.545. The zero-order valence-electron chi connectivity index (χ0n) is 18.9. The lowest BCUT2D eigenvalue weighted by atomic mass is 10.1. The Morgan fingerprint density at radius 1 is 1.09 bits per heavy atom. The lowest BCUT2D eigenvalue weighted by Crippen LogP contribution is -2.17. The van der Waals surface area contributed by atoms with Crippen LogP contribution in [0.15, 0.2) is 88.4 Å². The fourth-order valence-corrected chi connectivity index (χ4v) is 4.35. The monoisotopic (exact) mass is 532 g/mol. The maximum Gasteiger partial charge on any atom is 0.312 e. The van der Waals surface area contributed by atoms with Gasteiger partial charge in [-0.1, -0.05) is 30.3 Å². The first kappa shape index (κ1) is 23.9. The fourth-order valence-electron chi connectivity index (χ4n) is 3.72. The molecule has 1 heterocycles. The molecule has 9 heteroatoms. The van der Waals surface area contributed by atoms with Crippen LogP contribution in [-0.2, 0) is 0 Å². The molecule has 3 aromatic carbocycles. The van der Waals surface area contributed by atoms with E-state index < -0.39 is 10.8 Å². The van der Waals surface area contributed by atoms with Crippen molar-refractivity contribution in [1.82, 2.24) is 9.99 Å². The number of hydrazone groups is 1. The second-order valence-corrected chi connectivity index (χ2v) is 8.47. The van der Waals surface area contributed by atoms with E-state index in [-0.39, 0.29) is 11.4 Å². The molecule has 0 unspecified atom stereocenters. The third-order valence-electron chi connectivity index (χ3n) is 5.36. The molecule has 0 bridgehead atoms. The molecule has 0 saturated carbocycles. The van der Waals surface area contributed by atoms with Crippen LogP contribution in [0.25, 0.3) is 16.9 Å². The molecule has 0 saturated heterocycles. The van der Waals surface area contributed by atoms with Crippen molar-refractivity contribution in [1.29, 1.82) is 0 Å². The Kier molecular flexibility index (Phi) is 7.07. The first-order valence-electron chi connectivity index (χ1n) is 10.6. The molecule has 0 radical (unpaired) electrons. The highest BCUT2D eigenvalue weighted by Crippen LogP contribution is 2.35. The Hall–Kier alpha value is -4.24. The molecule has 35 heavy (non-hydrogen) atoms. The average molecular weight is 533 g/mol. The Balaban J connectivity index is 1.50. The number of aromatic nitrogens is 1. The predicted molar refractivity (Wildman–Crippen MR) is 138 cm³/mol. The van der Waals surface area contributed by atoms with E-state index in [0.29, 0.717) is 15.6 Å². The van der Waals surface area contributed by atoms with Crippen LogP contribution < -0.4 is 10.2 Å². The molecule has 8 nitrogen and oxygen atoms in total. The summed E-state index contributed by atoms with van der Waals surface area (Å²) >= 11 is 3.25. The molecule has 0 aliphatic rings. The zero-order chi connectivity index (χ0) is 24.9. The summed E-state index contributed by atoms with van der Waals surface area (Å²) in [5.41, 5.74) is 7.27. The van der Waals surface area contributed by atoms with Gasteiger partial charge in [-0.25, -0.2) is 5.43 Å². The van der Waals surface area contributed by atoms with Gasteiger partial charge in [0, 0.05) is 28.6 Å². The lowest BCUT2D eigenvalue weighted by Gasteiger charge is -2.12. The highest BCUT2D eigenvalue weighted by atomic mass is 79.9. The minimum absolute atomic E-state index is 0.115. The summed E-state index contributed by atoms with van der Waals surface area (Å²) in [6, 6.07) is 24.4. The summed E-state index contributed by atoms with van der Waals surface area (Å²) in [7, 11) is 1.35. The Morgan fingerprint density at radius 3 is 2.46 bits per heavy atom. The summed E-state index contributed by atoms with van der Waals surface area (Å²) in [6.45, 7) is 2.03. The van der Waals surface area contributed by atoms with Gasteiger partial charge in [0.15, 0.2) is 0 Å². The van der Waals surface area contributed by atoms with Gasteiger partial charge in [0.1, 0.15) is 0 Å². The smallest absolute Gasteiger partial charge is 0.312 e. The number of rotatable bonds is 7. The van der Waals surface area contributed by atoms with Gasteiger partial charge in [-0.15, -0.1) is 0 Å². The van der Waals surface area contributed by atoms with Crippen LogP contribution in [0.2, 0.25) is 0 Å². The van der Waals surface area contributed by atoms with Crippen molar-refractivity contribution >= 4 is 33.7 Å². The number of nitro benzene ring substituents is 1. The highest BCUT2D eigenvalue weighted by Gasteiger charge is 2.19. The topological polar surface area (TPSA) is 98.8 Å². The number of nitro groups is 1. The maximum atomic E-state index is 12.6. The number of amides is 1. The van der Waals surface area contributed by atoms with Gasteiger partial charge < -0.3 is 9.30 Å². The predicted octanol–water partition coefficient (Wildman–Crippen LogP) is 5.90. The lowest BCUT2D eigenvalue weighted by molar-refractivity contribution is -0.385. The van der Waals surface area contributed by atoms with Crippen LogP contribution in [0, 0.1) is 17.0 Å². The normalized spacial score (nSPS) is 10.9. The number of benzene rings is 3. The summed E-state index contributed by atoms with van der Waals surface area (Å²) in [5.74, 6) is -0.285. The van der Waals surface area contributed by atoms with E-state index >= 15 is 0 Å². The number of carbonyl (C=O) groups is 1. The maximum absolute atomic E-state index is 12.6. The van der Waals surface area contributed by atoms with Crippen LogP contribution in [0.3, 0.4) is 0 Å². The number of ether oxygens (including phenoxy) is 1. The van der Waals surface area contributed by atoms with Crippen molar-refractivity contribution in [2.75, 3.05) is 7.11 Å². The molecule has 1 aromatic heterocycles. The van der Waals surface area contributed by atoms with E-state index in [0.717, 1.165) is 22.6 Å². The quantitative estimate of drug-likeness (QED) is 0.182. The van der Waals surface area contributed by atoms with Gasteiger partial charge in [0.05, 0.1) is 28.4 Å². The second-order valence-electron chi connectivity index (χ2n) is 7.62. The SMILES string of the molecule is COc1c(Br)cc(/C=N/NC(=O)c2ccc(-n3c(C)ccc3-c3ccccc3)cc2)cc1[N+](=O)[O-]. The molecular weight excluding hydrogens is 512 g/mol. The number of halogens is 1. The second kappa shape index (κ2) is 10.4. The standard InChI is InChI=1S/C26H21BrN4O4/c1-17-8-13-23(19-6-4-3-5-7-19)30(17)21-11-9-20(10-12-21)26(32)29-28-16-18-14-22(27)25(35-2)24(15-18)31(33)34/h3-16H,1-2H3,(H,29,32)/b28-16+. The van der Waals surface area contributed by atoms with Gasteiger partial charge in [-0.2, -0.15) is 5.10 Å². The molecule has 4 aromatic rings. The van der Waals surface area contributed by atoms with Crippen LogP contribution in [-0.4, -0.2) is 28.7 Å². The summed E-state index contributed by atoms with van der Waals surface area (Å²) in [5, 5.41) is 15.2. The Morgan fingerprint density at radius 2 is 1.80 bits per heavy atom. The molecule has 0 aliphatic heterocycles. The number of aryl methyl sites for hydroxylation is 1. The summed E-state index contributed by atoms with van der Waals surface area (Å²) in [6.07, 6.45) is 1.33. The van der Waals surface area contributed by atoms with E-state index in [2.05, 4.69) is 55.3 Å². The van der Waals surface area contributed by atoms with Crippen molar-refractivity contribution in [2.45, 2.75) is 6.92 Å². The molecule has 0 aliphatic carbocycles. The van der Waals surface area contributed by atoms with Crippen LogP contribution in [0.4, 0.5) is 5.69 Å². The van der Waals surface area contributed by atoms with Gasteiger partial charge in [-0.3, -0.25) is 14.9 Å². The minimum Gasteiger partial charge on any atom is -0.489 e. The number of nitrogens with one attached hydrogen (secondary N) is 1. The van der Waals surface area contributed by atoms with E-state index in [4.69, 9.17) is 4.74 Å². The fraction of sp³-hybridized carbons (Fsp3) is 0.0769. The summed E-state index contributed by atoms with van der Waals surface area (Å²) < 4.78 is 7.60. The third-order valence-corrected chi connectivity index (χ3v) is 5.95. The van der Waals surface area contributed by atoms with Crippen LogP contribution in [0.1, 0.15) is 21.6 Å². The van der Waals surface area contributed by atoms with E-state index in [1.165, 1.54) is 19.4 Å². The number of methoxy groups -OCH3 is 1. The molecule has 0 spiro atoms. The number of hydrogen-bond acceptors (Lipinski definition) is 5. The summed E-state index contributed by atoms with van der Waals surface area (Å²) in [4.78, 5) is 23.3. The Labute approximate surface area is 210 Å². The molecule has 176 valence electrons. The molecule has 1 amide bonds. The van der Waals surface area contributed by atoms with Crippen molar-refractivity contribution < 1.29 is 14.5 Å². The van der Waals surface area contributed by atoms with E-state index in [1.807, 2.05) is 37.3 Å². The van der Waals surface area contributed by atoms with Crippen molar-refractivity contribution in [3.63, 3.8) is 0 Å². The van der Waals surface area contributed by atoms with Gasteiger partial charge in [-0.05, 0) is 70.9 Å². The van der Waals surface area contributed by atoms with Crippen LogP contribution in [0.5, 0.6) is 5.75 Å². The zero-order valence-corrected chi connectivity index (χ0v) is 20.5. The number of hydrogen-bond donors (Lipinski definition) is 1. The number of carbonyl (C=O) groups excluding carboxylic acids is 1. The van der Waals surface area contributed by atoms with E-state index in [9.17, 15) is 14.9 Å². The van der Waals surface area contributed by atoms with Crippen molar-refractivity contribution in [3.8, 4) is 22.7 Å². The van der Waals surface area contributed by atoms with Gasteiger partial charge >= 0.3 is 5.69 Å². The van der Waals surface area contributed by atoms with Crippen LogP contribution >= 0.6 is 15.9 Å². The first-order valence-corrected chi connectivity index (χ1v) is 11.4. The molecular formula is C26H21BrN4O4. The molecule has 4 rings (SSSR count). The van der Waals surface area contributed by atoms with Gasteiger partial charge in [0.2, 0.25) is 5.75 Å². The van der Waals surface area contributed by atoms with E-state index in [1.54, 1.807) is 18.2 Å². The molecule has 1 N–H and O–H groups in total. The average Bonchev–Trinajstić information content (AvgIpc) is 3.25. The van der Waals surface area contributed by atoms with Crippen molar-refractivity contribution in [3.05, 3.63) is 110 Å².